The lowest BCUT2D eigenvalue weighted by Crippen LogP contribution is -2.33. The fraction of sp³-hybridized carbons (Fsp3) is 0.154. The highest BCUT2D eigenvalue weighted by atomic mass is 16.5. The molecule has 0 heterocycles. The van der Waals surface area contributed by atoms with Gasteiger partial charge in [0.25, 0.3) is 5.91 Å². The zero-order valence-electron chi connectivity index (χ0n) is 25.7. The van der Waals surface area contributed by atoms with Gasteiger partial charge in [0.05, 0.1) is 13.7 Å². The Hall–Kier alpha value is -5.69. The first-order chi connectivity index (χ1) is 22.5. The molecule has 0 spiro atoms. The number of nitrogens with one attached hydrogen (secondary N) is 1. The van der Waals surface area contributed by atoms with Crippen LogP contribution >= 0.6 is 0 Å². The molecule has 0 aliphatic rings. The largest absolute Gasteiger partial charge is 0.494 e. The van der Waals surface area contributed by atoms with E-state index in [1.54, 1.807) is 35.2 Å². The number of rotatable bonds is 14. The third-order valence-electron chi connectivity index (χ3n) is 7.51. The fourth-order valence-corrected chi connectivity index (χ4v) is 5.14. The topological polar surface area (TPSA) is 84.9 Å². The molecule has 5 aromatic rings. The second kappa shape index (κ2) is 15.9. The molecule has 232 valence electrons. The van der Waals surface area contributed by atoms with E-state index in [9.17, 15) is 14.4 Å². The molecule has 1 amide bonds. The molecular weight excluding hydrogens is 576 g/mol. The summed E-state index contributed by atoms with van der Waals surface area (Å²) >= 11 is 0. The molecule has 1 atom stereocenters. The molecule has 5 rings (SSSR count). The number of nitrogens with zero attached hydrogens (tertiary/aromatic N) is 1. The average molecular weight is 613 g/mol. The number of ketones is 1. The number of benzene rings is 5. The molecule has 5 aromatic carbocycles. The van der Waals surface area contributed by atoms with Gasteiger partial charge < -0.3 is 19.7 Å². The summed E-state index contributed by atoms with van der Waals surface area (Å²) in [5.41, 5.74) is 3.96. The van der Waals surface area contributed by atoms with Crippen LogP contribution in [0, 0.1) is 0 Å². The maximum absolute atomic E-state index is 13.3. The monoisotopic (exact) mass is 612 g/mol. The minimum absolute atomic E-state index is 0.0584. The van der Waals surface area contributed by atoms with Gasteiger partial charge in [0.2, 0.25) is 0 Å². The van der Waals surface area contributed by atoms with Crippen molar-refractivity contribution in [1.82, 2.24) is 0 Å². The zero-order chi connectivity index (χ0) is 32.1. The molecule has 0 bridgehead atoms. The van der Waals surface area contributed by atoms with Crippen LogP contribution in [0.15, 0.2) is 140 Å². The summed E-state index contributed by atoms with van der Waals surface area (Å²) in [7, 11) is 1.35. The van der Waals surface area contributed by atoms with Crippen LogP contribution in [0.2, 0.25) is 0 Å². The van der Waals surface area contributed by atoms with Crippen molar-refractivity contribution < 1.29 is 23.9 Å². The number of hydrogen-bond donors (Lipinski definition) is 1. The van der Waals surface area contributed by atoms with Crippen molar-refractivity contribution in [3.05, 3.63) is 162 Å². The summed E-state index contributed by atoms with van der Waals surface area (Å²) < 4.78 is 11.1. The summed E-state index contributed by atoms with van der Waals surface area (Å²) in [6, 6.07) is 41.9. The molecule has 0 fully saturated rings. The van der Waals surface area contributed by atoms with Gasteiger partial charge >= 0.3 is 5.97 Å². The maximum Gasteiger partial charge on any atom is 0.328 e. The number of hydrogen-bond acceptors (Lipinski definition) is 6. The highest BCUT2D eigenvalue weighted by molar-refractivity contribution is 6.12. The predicted molar refractivity (Wildman–Crippen MR) is 181 cm³/mol. The molecule has 1 N–H and O–H groups in total. The second-order valence-electron chi connectivity index (χ2n) is 10.7. The Morgan fingerprint density at radius 1 is 0.696 bits per heavy atom. The van der Waals surface area contributed by atoms with Crippen molar-refractivity contribution in [1.29, 1.82) is 0 Å². The van der Waals surface area contributed by atoms with Crippen molar-refractivity contribution in [2.24, 2.45) is 0 Å². The first-order valence-corrected chi connectivity index (χ1v) is 15.2. The number of anilines is 2. The van der Waals surface area contributed by atoms with Crippen LogP contribution in [-0.4, -0.2) is 44.0 Å². The number of ether oxygens (including phenoxy) is 2. The van der Waals surface area contributed by atoms with Gasteiger partial charge in [-0.1, -0.05) is 91.0 Å². The van der Waals surface area contributed by atoms with Crippen molar-refractivity contribution in [2.75, 3.05) is 30.5 Å². The van der Waals surface area contributed by atoms with E-state index in [4.69, 9.17) is 9.47 Å². The zero-order valence-corrected chi connectivity index (χ0v) is 25.7. The van der Waals surface area contributed by atoms with Crippen LogP contribution in [0.5, 0.6) is 5.75 Å². The molecule has 0 aliphatic carbocycles. The van der Waals surface area contributed by atoms with Gasteiger partial charge in [0.1, 0.15) is 11.8 Å². The van der Waals surface area contributed by atoms with Gasteiger partial charge in [-0.15, -0.1) is 0 Å². The number of carbonyl (C=O) groups is 3. The highest BCUT2D eigenvalue weighted by Gasteiger charge is 2.23. The number of amides is 1. The first-order valence-electron chi connectivity index (χ1n) is 15.2. The van der Waals surface area contributed by atoms with Gasteiger partial charge in [0.15, 0.2) is 5.78 Å². The average Bonchev–Trinajstić information content (AvgIpc) is 3.12. The number of methoxy groups -OCH3 is 1. The van der Waals surface area contributed by atoms with E-state index in [-0.39, 0.29) is 11.7 Å². The van der Waals surface area contributed by atoms with Crippen molar-refractivity contribution in [3.63, 3.8) is 0 Å². The lowest BCUT2D eigenvalue weighted by atomic mass is 10.00. The molecule has 0 aromatic heterocycles. The summed E-state index contributed by atoms with van der Waals surface area (Å²) in [4.78, 5) is 41.0. The number of carbonyl (C=O) groups excluding carboxylic acids is 3. The van der Waals surface area contributed by atoms with Crippen molar-refractivity contribution >= 4 is 29.0 Å². The first kappa shape index (κ1) is 31.7. The van der Waals surface area contributed by atoms with Crippen LogP contribution in [-0.2, 0) is 16.0 Å². The van der Waals surface area contributed by atoms with E-state index in [2.05, 4.69) is 5.32 Å². The minimum atomic E-state index is -0.715. The summed E-state index contributed by atoms with van der Waals surface area (Å²) in [5.74, 6) is 0.0585. The molecule has 0 unspecified atom stereocenters. The molecule has 0 aliphatic heterocycles. The van der Waals surface area contributed by atoms with Gasteiger partial charge in [-0.2, -0.15) is 0 Å². The van der Waals surface area contributed by atoms with Crippen LogP contribution in [0.4, 0.5) is 11.4 Å². The van der Waals surface area contributed by atoms with Crippen LogP contribution < -0.4 is 15.0 Å². The third kappa shape index (κ3) is 8.27. The number of esters is 1. The van der Waals surface area contributed by atoms with Crippen molar-refractivity contribution in [2.45, 2.75) is 18.9 Å². The van der Waals surface area contributed by atoms with E-state index >= 15 is 0 Å². The lowest BCUT2D eigenvalue weighted by molar-refractivity contribution is -0.141. The molecule has 7 heteroatoms. The SMILES string of the molecule is COC(=O)[C@H](Cc1ccc(OCCCN(C(=O)c2ccccc2)c2ccccc2)cc1)Nc1ccccc1C(=O)c1ccccc1. The normalized spacial score (nSPS) is 11.2. The summed E-state index contributed by atoms with van der Waals surface area (Å²) in [6.07, 6.45) is 0.971. The van der Waals surface area contributed by atoms with E-state index in [1.165, 1.54) is 7.11 Å². The van der Waals surface area contributed by atoms with Gasteiger partial charge in [-0.05, 0) is 60.5 Å². The van der Waals surface area contributed by atoms with Crippen LogP contribution in [0.1, 0.15) is 38.3 Å². The van der Waals surface area contributed by atoms with Crippen LogP contribution in [0.25, 0.3) is 0 Å². The predicted octanol–water partition coefficient (Wildman–Crippen LogP) is 7.23. The van der Waals surface area contributed by atoms with E-state index < -0.39 is 12.0 Å². The Labute approximate surface area is 269 Å². The smallest absolute Gasteiger partial charge is 0.328 e. The maximum atomic E-state index is 13.3. The molecule has 0 radical (unpaired) electrons. The van der Waals surface area contributed by atoms with E-state index in [0.29, 0.717) is 54.1 Å². The van der Waals surface area contributed by atoms with E-state index in [1.807, 2.05) is 109 Å². The summed E-state index contributed by atoms with van der Waals surface area (Å²) in [5, 5.41) is 3.24. The van der Waals surface area contributed by atoms with Crippen LogP contribution in [0.3, 0.4) is 0 Å². The standard InChI is InChI=1S/C39H36N2O5/c1-45-39(44)36(40-35-21-12-11-20-34(35)37(42)30-14-5-2-6-15-30)28-29-22-24-33(25-23-29)46-27-13-26-41(32-18-9-4-10-19-32)38(43)31-16-7-3-8-17-31/h2-12,14-25,36,40H,13,26-28H2,1H3/t36-/m0/s1. The van der Waals surface area contributed by atoms with Gasteiger partial charge in [0, 0.05) is 41.0 Å². The third-order valence-corrected chi connectivity index (χ3v) is 7.51. The number of para-hydroxylation sites is 2. The summed E-state index contributed by atoms with van der Waals surface area (Å²) in [6.45, 7) is 0.917. The fourth-order valence-electron chi connectivity index (χ4n) is 5.14. The Morgan fingerprint density at radius 3 is 1.93 bits per heavy atom. The molecule has 7 nitrogen and oxygen atoms in total. The Balaban J connectivity index is 1.19. The van der Waals surface area contributed by atoms with E-state index in [0.717, 1.165) is 11.3 Å². The quantitative estimate of drug-likeness (QED) is 0.0809. The van der Waals surface area contributed by atoms with Gasteiger partial charge in [-0.3, -0.25) is 9.59 Å². The molecular formula is C39H36N2O5. The second-order valence-corrected chi connectivity index (χ2v) is 10.7. The van der Waals surface area contributed by atoms with Gasteiger partial charge in [-0.25, -0.2) is 4.79 Å². The highest BCUT2D eigenvalue weighted by Crippen LogP contribution is 2.23. The lowest BCUT2D eigenvalue weighted by Gasteiger charge is -2.23. The van der Waals surface area contributed by atoms with Crippen molar-refractivity contribution in [3.8, 4) is 5.75 Å². The molecule has 46 heavy (non-hydrogen) atoms. The Morgan fingerprint density at radius 2 is 1.28 bits per heavy atom. The molecule has 0 saturated carbocycles. The Bertz CT molecular complexity index is 1730. The molecule has 0 saturated heterocycles. The Kier molecular flexibility index (Phi) is 10.9. The minimum Gasteiger partial charge on any atom is -0.494 e.